The summed E-state index contributed by atoms with van der Waals surface area (Å²) in [5, 5.41) is 8.81. The van der Waals surface area contributed by atoms with Gasteiger partial charge in [-0.25, -0.2) is 13.4 Å². The van der Waals surface area contributed by atoms with Crippen LogP contribution in [0.3, 0.4) is 0 Å². The number of hydrogen-bond acceptors (Lipinski definition) is 5. The van der Waals surface area contributed by atoms with E-state index in [9.17, 15) is 8.42 Å². The maximum Gasteiger partial charge on any atom is 0.239 e. The molecule has 1 heterocycles. The van der Waals surface area contributed by atoms with Crippen molar-refractivity contribution in [3.8, 4) is 11.8 Å². The zero-order valence-corrected chi connectivity index (χ0v) is 11.4. The van der Waals surface area contributed by atoms with Gasteiger partial charge in [0.1, 0.15) is 6.61 Å². The summed E-state index contributed by atoms with van der Waals surface area (Å²) in [5.74, 6) is 5.13. The van der Waals surface area contributed by atoms with E-state index in [1.165, 1.54) is 6.20 Å². The molecule has 0 bridgehead atoms. The third-order valence-corrected chi connectivity index (χ3v) is 4.86. The minimum atomic E-state index is -3.46. The van der Waals surface area contributed by atoms with Gasteiger partial charge in [0, 0.05) is 0 Å². The fraction of sp³-hybridized carbons (Fsp3) is 0.500. The zero-order chi connectivity index (χ0) is 13.1. The number of hydrogen-bond donors (Lipinski definition) is 2. The molecule has 1 aromatic rings. The van der Waals surface area contributed by atoms with Crippen LogP contribution < -0.4 is 4.72 Å². The summed E-state index contributed by atoms with van der Waals surface area (Å²) in [5.41, 5.74) is 0. The topological polar surface area (TPSA) is 79.3 Å². The third-order valence-electron chi connectivity index (χ3n) is 1.82. The largest absolute Gasteiger partial charge is 0.384 e. The maximum atomic E-state index is 11.8. The molecule has 0 amide bonds. The summed E-state index contributed by atoms with van der Waals surface area (Å²) in [7, 11) is -3.46. The van der Waals surface area contributed by atoms with Gasteiger partial charge in [-0.15, -0.1) is 0 Å². The van der Waals surface area contributed by atoms with Gasteiger partial charge in [-0.1, -0.05) is 23.2 Å². The summed E-state index contributed by atoms with van der Waals surface area (Å²) in [6.45, 7) is 4.58. The van der Waals surface area contributed by atoms with E-state index in [0.717, 1.165) is 11.3 Å². The molecule has 0 aliphatic heterocycles. The van der Waals surface area contributed by atoms with E-state index in [4.69, 9.17) is 5.11 Å². The normalized spacial score (nSPS) is 11.8. The summed E-state index contributed by atoms with van der Waals surface area (Å²) >= 11 is 1.13. The molecule has 1 aromatic heterocycles. The van der Waals surface area contributed by atoms with Crippen LogP contribution in [0.5, 0.6) is 0 Å². The minimum Gasteiger partial charge on any atom is -0.384 e. The van der Waals surface area contributed by atoms with E-state index in [2.05, 4.69) is 21.5 Å². The quantitative estimate of drug-likeness (QED) is 0.789. The molecule has 7 heteroatoms. The Morgan fingerprint density at radius 3 is 2.71 bits per heavy atom. The molecule has 0 spiro atoms. The van der Waals surface area contributed by atoms with Crippen LogP contribution in [-0.4, -0.2) is 29.9 Å². The highest BCUT2D eigenvalue weighted by molar-refractivity contribution is 7.94. The Hall–Kier alpha value is -1.10. The molecule has 0 aliphatic rings. The summed E-state index contributed by atoms with van der Waals surface area (Å²) in [4.78, 5) is 4.51. The SMILES string of the molecule is CC(C)(C)S(=O)(=O)Nc1ncc(C#CCO)s1. The van der Waals surface area contributed by atoms with Crippen molar-refractivity contribution in [3.63, 3.8) is 0 Å². The highest BCUT2D eigenvalue weighted by Gasteiger charge is 2.29. The molecule has 0 radical (unpaired) electrons. The van der Waals surface area contributed by atoms with Crippen LogP contribution in [0, 0.1) is 11.8 Å². The van der Waals surface area contributed by atoms with Crippen LogP contribution in [-0.2, 0) is 10.0 Å². The Bertz CT molecular complexity index is 544. The third kappa shape index (κ3) is 3.70. The molecular formula is C10H14N2O3S2. The van der Waals surface area contributed by atoms with E-state index in [1.54, 1.807) is 20.8 Å². The van der Waals surface area contributed by atoms with Gasteiger partial charge in [0.2, 0.25) is 10.0 Å². The number of anilines is 1. The van der Waals surface area contributed by atoms with Crippen molar-refractivity contribution in [2.75, 3.05) is 11.3 Å². The summed E-state index contributed by atoms with van der Waals surface area (Å²) in [6, 6.07) is 0. The van der Waals surface area contributed by atoms with E-state index in [-0.39, 0.29) is 11.7 Å². The number of sulfonamides is 1. The highest BCUT2D eigenvalue weighted by atomic mass is 32.2. The molecule has 0 aliphatic carbocycles. The van der Waals surface area contributed by atoms with Crippen LogP contribution in [0.1, 0.15) is 25.6 Å². The number of nitrogens with one attached hydrogen (secondary N) is 1. The predicted octanol–water partition coefficient (Wildman–Crippen LogP) is 1.03. The molecule has 2 N–H and O–H groups in total. The minimum absolute atomic E-state index is 0.235. The molecule has 0 saturated carbocycles. The lowest BCUT2D eigenvalue weighted by Gasteiger charge is -2.18. The summed E-state index contributed by atoms with van der Waals surface area (Å²) in [6.07, 6.45) is 1.47. The maximum absolute atomic E-state index is 11.8. The Morgan fingerprint density at radius 1 is 1.53 bits per heavy atom. The molecule has 17 heavy (non-hydrogen) atoms. The lowest BCUT2D eigenvalue weighted by Crippen LogP contribution is -2.33. The van der Waals surface area contributed by atoms with Crippen LogP contribution in [0.15, 0.2) is 6.20 Å². The fourth-order valence-corrected chi connectivity index (χ4v) is 2.40. The van der Waals surface area contributed by atoms with Crippen LogP contribution >= 0.6 is 11.3 Å². The van der Waals surface area contributed by atoms with E-state index >= 15 is 0 Å². The number of rotatable bonds is 2. The van der Waals surface area contributed by atoms with Gasteiger partial charge < -0.3 is 5.11 Å². The van der Waals surface area contributed by atoms with E-state index in [1.807, 2.05) is 0 Å². The van der Waals surface area contributed by atoms with Crippen molar-refractivity contribution in [1.29, 1.82) is 0 Å². The molecular weight excluding hydrogens is 260 g/mol. The number of aliphatic hydroxyl groups excluding tert-OH is 1. The van der Waals surface area contributed by atoms with Gasteiger partial charge in [0.05, 0.1) is 15.8 Å². The number of nitrogens with zero attached hydrogens (tertiary/aromatic N) is 1. The molecule has 5 nitrogen and oxygen atoms in total. The Labute approximate surface area is 105 Å². The van der Waals surface area contributed by atoms with Gasteiger partial charge in [-0.2, -0.15) is 0 Å². The Kier molecular flexibility index (Phi) is 4.14. The standard InChI is InChI=1S/C10H14N2O3S2/c1-10(2,3)17(14,15)12-9-11-7-8(16-9)5-4-6-13/h7,13H,6H2,1-3H3,(H,11,12). The highest BCUT2D eigenvalue weighted by Crippen LogP contribution is 2.23. The molecule has 0 atom stereocenters. The first-order valence-electron chi connectivity index (χ1n) is 4.84. The van der Waals surface area contributed by atoms with Gasteiger partial charge in [-0.05, 0) is 20.8 Å². The molecule has 0 unspecified atom stereocenters. The van der Waals surface area contributed by atoms with E-state index < -0.39 is 14.8 Å². The number of thiazole rings is 1. The monoisotopic (exact) mass is 274 g/mol. The molecule has 0 fully saturated rings. The van der Waals surface area contributed by atoms with Crippen molar-refractivity contribution >= 4 is 26.5 Å². The number of aliphatic hydroxyl groups is 1. The second-order valence-corrected chi connectivity index (χ2v) is 7.67. The second-order valence-electron chi connectivity index (χ2n) is 4.21. The first-order valence-corrected chi connectivity index (χ1v) is 7.14. The molecule has 0 saturated heterocycles. The Balaban J connectivity index is 2.88. The summed E-state index contributed by atoms with van der Waals surface area (Å²) < 4.78 is 25.2. The average molecular weight is 274 g/mol. The van der Waals surface area contributed by atoms with Crippen LogP contribution in [0.4, 0.5) is 5.13 Å². The Morgan fingerprint density at radius 2 is 2.18 bits per heavy atom. The van der Waals surface area contributed by atoms with Crippen molar-refractivity contribution < 1.29 is 13.5 Å². The van der Waals surface area contributed by atoms with Crippen molar-refractivity contribution in [2.24, 2.45) is 0 Å². The predicted molar refractivity (Wildman–Crippen MR) is 68.4 cm³/mol. The van der Waals surface area contributed by atoms with Crippen molar-refractivity contribution in [3.05, 3.63) is 11.1 Å². The second kappa shape index (κ2) is 5.04. The first-order chi connectivity index (χ1) is 7.76. The van der Waals surface area contributed by atoms with Crippen molar-refractivity contribution in [2.45, 2.75) is 25.5 Å². The fourth-order valence-electron chi connectivity index (χ4n) is 0.774. The lowest BCUT2D eigenvalue weighted by atomic mass is 10.3. The molecule has 1 rings (SSSR count). The van der Waals surface area contributed by atoms with E-state index in [0.29, 0.717) is 4.88 Å². The van der Waals surface area contributed by atoms with Crippen LogP contribution in [0.2, 0.25) is 0 Å². The molecule has 94 valence electrons. The van der Waals surface area contributed by atoms with Gasteiger partial charge >= 0.3 is 0 Å². The average Bonchev–Trinajstić information content (AvgIpc) is 2.60. The first kappa shape index (κ1) is 14.0. The zero-order valence-electron chi connectivity index (χ0n) is 9.81. The molecule has 0 aromatic carbocycles. The van der Waals surface area contributed by atoms with Gasteiger partial charge in [0.25, 0.3) is 0 Å². The number of aromatic nitrogens is 1. The van der Waals surface area contributed by atoms with Crippen LogP contribution in [0.25, 0.3) is 0 Å². The smallest absolute Gasteiger partial charge is 0.239 e. The van der Waals surface area contributed by atoms with Gasteiger partial charge in [-0.3, -0.25) is 4.72 Å². The van der Waals surface area contributed by atoms with Crippen molar-refractivity contribution in [1.82, 2.24) is 4.98 Å². The lowest BCUT2D eigenvalue weighted by molar-refractivity contribution is 0.350. The van der Waals surface area contributed by atoms with Gasteiger partial charge in [0.15, 0.2) is 5.13 Å².